The molecule has 1 saturated heterocycles. The second kappa shape index (κ2) is 5.69. The quantitative estimate of drug-likeness (QED) is 0.784. The van der Waals surface area contributed by atoms with Gasteiger partial charge in [0.25, 0.3) is 0 Å². The van der Waals surface area contributed by atoms with Crippen LogP contribution in [0.2, 0.25) is 0 Å². The van der Waals surface area contributed by atoms with Crippen molar-refractivity contribution in [3.05, 3.63) is 23.5 Å². The summed E-state index contributed by atoms with van der Waals surface area (Å²) in [5.74, 6) is 0.602. The first kappa shape index (κ1) is 13.8. The molecule has 0 amide bonds. The molecule has 0 N–H and O–H groups in total. The first-order chi connectivity index (χ1) is 10.1. The number of imidazole rings is 1. The maximum absolute atomic E-state index is 10.9. The summed E-state index contributed by atoms with van der Waals surface area (Å²) in [5, 5.41) is 4.59. The molecule has 112 valence electrons. The fourth-order valence-electron chi connectivity index (χ4n) is 2.35. The van der Waals surface area contributed by atoms with Crippen LogP contribution < -0.4 is 4.90 Å². The number of carbonyl (C=O) groups excluding carboxylic acids is 1. The van der Waals surface area contributed by atoms with E-state index in [2.05, 4.69) is 15.0 Å². The van der Waals surface area contributed by atoms with Crippen LogP contribution in [0.5, 0.6) is 0 Å². The summed E-state index contributed by atoms with van der Waals surface area (Å²) in [5.41, 5.74) is 2.52. The van der Waals surface area contributed by atoms with Crippen LogP contribution in [-0.4, -0.2) is 46.9 Å². The van der Waals surface area contributed by atoms with Gasteiger partial charge in [-0.05, 0) is 18.6 Å². The third kappa shape index (κ3) is 2.97. The average Bonchev–Trinajstić information content (AvgIpc) is 2.90. The maximum Gasteiger partial charge on any atom is 0.303 e. The highest BCUT2D eigenvalue weighted by Gasteiger charge is 2.15. The summed E-state index contributed by atoms with van der Waals surface area (Å²) in [4.78, 5) is 17.5. The molecule has 0 unspecified atom stereocenters. The molecule has 2 aromatic rings. The molecular weight excluding hydrogens is 272 g/mol. The van der Waals surface area contributed by atoms with Crippen molar-refractivity contribution in [2.75, 3.05) is 31.2 Å². The smallest absolute Gasteiger partial charge is 0.303 e. The summed E-state index contributed by atoms with van der Waals surface area (Å²) in [7, 11) is 0. The molecule has 21 heavy (non-hydrogen) atoms. The topological polar surface area (TPSA) is 69.0 Å². The summed E-state index contributed by atoms with van der Waals surface area (Å²) in [6.45, 7) is 6.69. The number of nitrogens with zero attached hydrogens (tertiary/aromatic N) is 4. The predicted molar refractivity (Wildman–Crippen MR) is 76.2 cm³/mol. The van der Waals surface area contributed by atoms with E-state index in [1.54, 1.807) is 10.7 Å². The van der Waals surface area contributed by atoms with Gasteiger partial charge in [-0.3, -0.25) is 4.79 Å². The Labute approximate surface area is 122 Å². The Kier molecular flexibility index (Phi) is 3.74. The lowest BCUT2D eigenvalue weighted by molar-refractivity contribution is -0.142. The lowest BCUT2D eigenvalue weighted by atomic mass is 10.3. The number of esters is 1. The number of carbonyl (C=O) groups is 1. The van der Waals surface area contributed by atoms with Crippen molar-refractivity contribution >= 4 is 17.4 Å². The van der Waals surface area contributed by atoms with Crippen LogP contribution >= 0.6 is 0 Å². The van der Waals surface area contributed by atoms with Crippen molar-refractivity contribution in [2.24, 2.45) is 0 Å². The molecule has 0 radical (unpaired) electrons. The highest BCUT2D eigenvalue weighted by molar-refractivity contribution is 5.65. The van der Waals surface area contributed by atoms with Gasteiger partial charge in [0.2, 0.25) is 0 Å². The van der Waals surface area contributed by atoms with E-state index in [0.717, 1.165) is 43.3 Å². The minimum absolute atomic E-state index is 0.172. The van der Waals surface area contributed by atoms with E-state index in [0.29, 0.717) is 5.69 Å². The van der Waals surface area contributed by atoms with Crippen LogP contribution in [0.15, 0.2) is 12.3 Å². The van der Waals surface area contributed by atoms with E-state index in [-0.39, 0.29) is 12.6 Å². The minimum Gasteiger partial charge on any atom is -0.459 e. The lowest BCUT2D eigenvalue weighted by Gasteiger charge is -2.27. The van der Waals surface area contributed by atoms with E-state index in [1.807, 2.05) is 13.0 Å². The highest BCUT2D eigenvalue weighted by Crippen LogP contribution is 2.18. The molecule has 0 bridgehead atoms. The number of ether oxygens (including phenoxy) is 2. The molecule has 0 atom stereocenters. The molecule has 1 fully saturated rings. The molecule has 7 heteroatoms. The standard InChI is InChI=1S/C14H18N4O3/c1-10-7-13(17-3-5-20-6-4-17)16-18-8-12(15-14(10)18)9-21-11(2)19/h7-8H,3-6,9H2,1-2H3. The van der Waals surface area contributed by atoms with Gasteiger partial charge in [0.05, 0.1) is 25.1 Å². The largest absolute Gasteiger partial charge is 0.459 e. The third-order valence-electron chi connectivity index (χ3n) is 3.40. The van der Waals surface area contributed by atoms with Crippen molar-refractivity contribution in [3.8, 4) is 0 Å². The van der Waals surface area contributed by atoms with Crippen molar-refractivity contribution in [1.82, 2.24) is 14.6 Å². The number of morpholine rings is 1. The van der Waals surface area contributed by atoms with Gasteiger partial charge in [0, 0.05) is 20.0 Å². The molecule has 0 saturated carbocycles. The van der Waals surface area contributed by atoms with Crippen molar-refractivity contribution < 1.29 is 14.3 Å². The Morgan fingerprint density at radius 2 is 2.19 bits per heavy atom. The van der Waals surface area contributed by atoms with Gasteiger partial charge in [-0.15, -0.1) is 5.10 Å². The number of aromatic nitrogens is 3. The first-order valence-electron chi connectivity index (χ1n) is 6.95. The second-order valence-corrected chi connectivity index (χ2v) is 5.07. The summed E-state index contributed by atoms with van der Waals surface area (Å²) in [6.07, 6.45) is 1.80. The first-order valence-corrected chi connectivity index (χ1v) is 6.95. The summed E-state index contributed by atoms with van der Waals surface area (Å²) in [6, 6.07) is 2.03. The highest BCUT2D eigenvalue weighted by atomic mass is 16.5. The fourth-order valence-corrected chi connectivity index (χ4v) is 2.35. The van der Waals surface area contributed by atoms with Gasteiger partial charge >= 0.3 is 5.97 Å². The molecule has 1 aliphatic rings. The van der Waals surface area contributed by atoms with E-state index < -0.39 is 0 Å². The second-order valence-electron chi connectivity index (χ2n) is 5.07. The Morgan fingerprint density at radius 1 is 1.43 bits per heavy atom. The molecule has 3 rings (SSSR count). The number of anilines is 1. The zero-order valence-electron chi connectivity index (χ0n) is 12.2. The zero-order chi connectivity index (χ0) is 14.8. The van der Waals surface area contributed by atoms with Gasteiger partial charge in [-0.25, -0.2) is 9.50 Å². The fraction of sp³-hybridized carbons (Fsp3) is 0.500. The molecule has 0 aromatic carbocycles. The molecule has 2 aromatic heterocycles. The van der Waals surface area contributed by atoms with Crippen LogP contribution in [0.25, 0.3) is 5.65 Å². The van der Waals surface area contributed by atoms with Gasteiger partial charge < -0.3 is 14.4 Å². The van der Waals surface area contributed by atoms with Crippen LogP contribution in [0.3, 0.4) is 0 Å². The maximum atomic E-state index is 10.9. The van der Waals surface area contributed by atoms with Gasteiger partial charge in [0.1, 0.15) is 12.4 Å². The van der Waals surface area contributed by atoms with Crippen molar-refractivity contribution in [2.45, 2.75) is 20.5 Å². The Morgan fingerprint density at radius 3 is 2.90 bits per heavy atom. The number of hydrogen-bond acceptors (Lipinski definition) is 6. The number of hydrogen-bond donors (Lipinski definition) is 0. The van der Waals surface area contributed by atoms with E-state index in [4.69, 9.17) is 9.47 Å². The minimum atomic E-state index is -0.314. The molecule has 7 nitrogen and oxygen atoms in total. The van der Waals surface area contributed by atoms with Crippen LogP contribution in [0.1, 0.15) is 18.2 Å². The van der Waals surface area contributed by atoms with Crippen molar-refractivity contribution in [3.63, 3.8) is 0 Å². The Balaban J connectivity index is 1.89. The van der Waals surface area contributed by atoms with Crippen LogP contribution in [-0.2, 0) is 20.9 Å². The summed E-state index contributed by atoms with van der Waals surface area (Å²) < 4.78 is 12.1. The van der Waals surface area contributed by atoms with Crippen LogP contribution in [0, 0.1) is 6.92 Å². The van der Waals surface area contributed by atoms with Gasteiger partial charge in [-0.1, -0.05) is 0 Å². The van der Waals surface area contributed by atoms with Crippen LogP contribution in [0.4, 0.5) is 5.82 Å². The average molecular weight is 290 g/mol. The van der Waals surface area contributed by atoms with E-state index >= 15 is 0 Å². The normalized spacial score (nSPS) is 15.4. The van der Waals surface area contributed by atoms with Crippen molar-refractivity contribution in [1.29, 1.82) is 0 Å². The molecular formula is C14H18N4O3. The van der Waals surface area contributed by atoms with Gasteiger partial charge in [-0.2, -0.15) is 0 Å². The molecule has 1 aliphatic heterocycles. The number of fused-ring (bicyclic) bond motifs is 1. The van der Waals surface area contributed by atoms with Gasteiger partial charge in [0.15, 0.2) is 5.65 Å². The summed E-state index contributed by atoms with van der Waals surface area (Å²) >= 11 is 0. The number of aryl methyl sites for hydroxylation is 1. The van der Waals surface area contributed by atoms with E-state index in [9.17, 15) is 4.79 Å². The SMILES string of the molecule is CC(=O)OCc1cn2nc(N3CCOCC3)cc(C)c2n1. The third-order valence-corrected chi connectivity index (χ3v) is 3.40. The molecule has 3 heterocycles. The zero-order valence-corrected chi connectivity index (χ0v) is 12.2. The Bertz CT molecular complexity index is 662. The lowest BCUT2D eigenvalue weighted by Crippen LogP contribution is -2.37. The molecule has 0 aliphatic carbocycles. The van der Waals surface area contributed by atoms with E-state index in [1.165, 1.54) is 6.92 Å². The number of rotatable bonds is 3. The monoisotopic (exact) mass is 290 g/mol. The Hall–Kier alpha value is -2.15. The molecule has 0 spiro atoms. The predicted octanol–water partition coefficient (Wildman–Crippen LogP) is 0.937.